The van der Waals surface area contributed by atoms with E-state index in [1.54, 1.807) is 18.2 Å². The molecule has 1 heterocycles. The molecule has 0 atom stereocenters. The lowest BCUT2D eigenvalue weighted by Crippen LogP contribution is -2.41. The molecule has 1 aliphatic rings. The van der Waals surface area contributed by atoms with Gasteiger partial charge in [0.2, 0.25) is 10.0 Å². The molecule has 26 heavy (non-hydrogen) atoms. The van der Waals surface area contributed by atoms with Crippen LogP contribution in [0.3, 0.4) is 0 Å². The molecule has 1 aromatic rings. The summed E-state index contributed by atoms with van der Waals surface area (Å²) in [6.45, 7) is 6.79. The van der Waals surface area contributed by atoms with E-state index in [1.165, 1.54) is 4.31 Å². The van der Waals surface area contributed by atoms with Gasteiger partial charge in [0, 0.05) is 25.8 Å². The summed E-state index contributed by atoms with van der Waals surface area (Å²) in [6.07, 6.45) is 2.32. The fourth-order valence-electron chi connectivity index (χ4n) is 2.91. The first-order valence-electron chi connectivity index (χ1n) is 9.24. The number of ether oxygens (including phenoxy) is 3. The molecule has 1 aromatic carbocycles. The molecule has 7 nitrogen and oxygen atoms in total. The molecule has 1 aliphatic heterocycles. The molecule has 148 valence electrons. The molecule has 0 unspecified atom stereocenters. The second kappa shape index (κ2) is 10.1. The van der Waals surface area contributed by atoms with Crippen molar-refractivity contribution in [3.63, 3.8) is 0 Å². The van der Waals surface area contributed by atoms with E-state index in [0.29, 0.717) is 63.8 Å². The summed E-state index contributed by atoms with van der Waals surface area (Å²) >= 11 is 0. The summed E-state index contributed by atoms with van der Waals surface area (Å²) in [5.74, 6) is 1.01. The third kappa shape index (κ3) is 5.33. The number of rotatable bonds is 10. The molecular weight excluding hydrogens is 356 g/mol. The van der Waals surface area contributed by atoms with E-state index < -0.39 is 10.0 Å². The van der Waals surface area contributed by atoms with Crippen LogP contribution in [0.1, 0.15) is 33.1 Å². The normalized spacial score (nSPS) is 16.6. The Morgan fingerprint density at radius 2 is 1.77 bits per heavy atom. The molecule has 0 bridgehead atoms. The molecule has 0 saturated carbocycles. The van der Waals surface area contributed by atoms with Crippen molar-refractivity contribution >= 4 is 10.0 Å². The molecule has 1 saturated heterocycles. The molecule has 0 radical (unpaired) electrons. The fraction of sp³-hybridized carbons (Fsp3) is 0.667. The molecule has 2 rings (SSSR count). The lowest BCUT2D eigenvalue weighted by atomic mass is 10.1. The summed E-state index contributed by atoms with van der Waals surface area (Å²) in [6, 6.07) is 4.78. The van der Waals surface area contributed by atoms with Crippen LogP contribution in [0.4, 0.5) is 0 Å². The third-order valence-corrected chi connectivity index (χ3v) is 6.15. The monoisotopic (exact) mass is 386 g/mol. The van der Waals surface area contributed by atoms with Gasteiger partial charge in [0.15, 0.2) is 11.5 Å². The Hall–Kier alpha value is -1.35. The van der Waals surface area contributed by atoms with Gasteiger partial charge in [0.1, 0.15) is 0 Å². The Bertz CT molecular complexity index is 658. The van der Waals surface area contributed by atoms with Crippen molar-refractivity contribution in [1.82, 2.24) is 4.31 Å². The van der Waals surface area contributed by atoms with E-state index in [-0.39, 0.29) is 11.0 Å². The molecule has 1 fully saturated rings. The average molecular weight is 387 g/mol. The molecule has 8 heteroatoms. The Morgan fingerprint density at radius 3 is 2.38 bits per heavy atom. The lowest BCUT2D eigenvalue weighted by Gasteiger charge is -2.31. The van der Waals surface area contributed by atoms with Crippen molar-refractivity contribution in [2.75, 3.05) is 39.5 Å². The number of nitrogens with two attached hydrogens (primary N) is 1. The molecule has 0 aromatic heterocycles. The summed E-state index contributed by atoms with van der Waals surface area (Å²) in [4.78, 5) is 0.229. The predicted octanol–water partition coefficient (Wildman–Crippen LogP) is 2.00. The summed E-state index contributed by atoms with van der Waals surface area (Å²) in [7, 11) is -3.56. The van der Waals surface area contributed by atoms with Crippen molar-refractivity contribution in [3.05, 3.63) is 18.2 Å². The van der Waals surface area contributed by atoms with Crippen LogP contribution in [0.2, 0.25) is 0 Å². The van der Waals surface area contributed by atoms with Gasteiger partial charge in [-0.05, 0) is 51.8 Å². The molecule has 0 aliphatic carbocycles. The van der Waals surface area contributed by atoms with Gasteiger partial charge in [-0.3, -0.25) is 0 Å². The van der Waals surface area contributed by atoms with Crippen LogP contribution >= 0.6 is 0 Å². The molecular formula is C18H30N2O5S. The van der Waals surface area contributed by atoms with Gasteiger partial charge >= 0.3 is 0 Å². The highest BCUT2D eigenvalue weighted by atomic mass is 32.2. The van der Waals surface area contributed by atoms with Crippen LogP contribution in [0.5, 0.6) is 11.5 Å². The third-order valence-electron chi connectivity index (χ3n) is 4.26. The number of nitrogens with zero attached hydrogens (tertiary/aromatic N) is 1. The minimum Gasteiger partial charge on any atom is -0.490 e. The SMILES string of the molecule is CCOc1ccc(S(=O)(=O)N2CCC(OCCCN)CC2)cc1OCC. The maximum atomic E-state index is 13.0. The van der Waals surface area contributed by atoms with Crippen LogP contribution in [0.25, 0.3) is 0 Å². The zero-order valence-corrected chi connectivity index (χ0v) is 16.5. The van der Waals surface area contributed by atoms with Crippen molar-refractivity contribution < 1.29 is 22.6 Å². The highest BCUT2D eigenvalue weighted by molar-refractivity contribution is 7.89. The first kappa shape index (κ1) is 21.0. The number of hydrogen-bond acceptors (Lipinski definition) is 6. The van der Waals surface area contributed by atoms with Gasteiger partial charge < -0.3 is 19.9 Å². The van der Waals surface area contributed by atoms with Gasteiger partial charge in [-0.15, -0.1) is 0 Å². The van der Waals surface area contributed by atoms with Gasteiger partial charge in [-0.2, -0.15) is 4.31 Å². The first-order valence-corrected chi connectivity index (χ1v) is 10.7. The van der Waals surface area contributed by atoms with Crippen LogP contribution in [0.15, 0.2) is 23.1 Å². The van der Waals surface area contributed by atoms with E-state index in [4.69, 9.17) is 19.9 Å². The maximum Gasteiger partial charge on any atom is 0.243 e. The van der Waals surface area contributed by atoms with E-state index in [1.807, 2.05) is 13.8 Å². The van der Waals surface area contributed by atoms with Crippen molar-refractivity contribution in [1.29, 1.82) is 0 Å². The highest BCUT2D eigenvalue weighted by Crippen LogP contribution is 2.32. The summed E-state index contributed by atoms with van der Waals surface area (Å²) in [5, 5.41) is 0. The van der Waals surface area contributed by atoms with Crippen LogP contribution in [-0.2, 0) is 14.8 Å². The van der Waals surface area contributed by atoms with E-state index in [2.05, 4.69) is 0 Å². The molecule has 0 amide bonds. The predicted molar refractivity (Wildman–Crippen MR) is 100 cm³/mol. The molecule has 0 spiro atoms. The standard InChI is InChI=1S/C18H30N2O5S/c1-3-23-17-7-6-16(14-18(17)24-4-2)26(21,22)20-11-8-15(9-12-20)25-13-5-10-19/h6-7,14-15H,3-5,8-13,19H2,1-2H3. The number of hydrogen-bond donors (Lipinski definition) is 1. The van der Waals surface area contributed by atoms with Gasteiger partial charge in [0.05, 0.1) is 24.2 Å². The average Bonchev–Trinajstić information content (AvgIpc) is 2.64. The smallest absolute Gasteiger partial charge is 0.243 e. The summed E-state index contributed by atoms with van der Waals surface area (Å²) < 4.78 is 44.2. The quantitative estimate of drug-likeness (QED) is 0.619. The van der Waals surface area contributed by atoms with Crippen molar-refractivity contribution in [3.8, 4) is 11.5 Å². The highest BCUT2D eigenvalue weighted by Gasteiger charge is 2.30. The largest absolute Gasteiger partial charge is 0.490 e. The van der Waals surface area contributed by atoms with Crippen molar-refractivity contribution in [2.24, 2.45) is 5.73 Å². The van der Waals surface area contributed by atoms with Crippen molar-refractivity contribution in [2.45, 2.75) is 44.1 Å². The van der Waals surface area contributed by atoms with Crippen LogP contribution in [-0.4, -0.2) is 58.3 Å². The van der Waals surface area contributed by atoms with E-state index >= 15 is 0 Å². The zero-order chi connectivity index (χ0) is 19.0. The second-order valence-electron chi connectivity index (χ2n) is 6.09. The van der Waals surface area contributed by atoms with Crippen LogP contribution in [0, 0.1) is 0 Å². The Labute approximate surface area is 156 Å². The Kier molecular flexibility index (Phi) is 8.15. The fourth-order valence-corrected chi connectivity index (χ4v) is 4.40. The minimum atomic E-state index is -3.56. The lowest BCUT2D eigenvalue weighted by molar-refractivity contribution is 0.0209. The number of piperidine rings is 1. The Morgan fingerprint density at radius 1 is 1.12 bits per heavy atom. The number of sulfonamides is 1. The topological polar surface area (TPSA) is 91.1 Å². The Balaban J connectivity index is 2.07. The maximum absolute atomic E-state index is 13.0. The summed E-state index contributed by atoms with van der Waals surface area (Å²) in [5.41, 5.74) is 5.46. The van der Waals surface area contributed by atoms with Gasteiger partial charge in [-0.25, -0.2) is 8.42 Å². The van der Waals surface area contributed by atoms with Gasteiger partial charge in [0.25, 0.3) is 0 Å². The van der Waals surface area contributed by atoms with E-state index in [9.17, 15) is 8.42 Å². The second-order valence-corrected chi connectivity index (χ2v) is 8.03. The molecule has 2 N–H and O–H groups in total. The first-order chi connectivity index (χ1) is 12.5. The zero-order valence-electron chi connectivity index (χ0n) is 15.6. The number of benzene rings is 1. The minimum absolute atomic E-state index is 0.104. The van der Waals surface area contributed by atoms with Gasteiger partial charge in [-0.1, -0.05) is 0 Å². The van der Waals surface area contributed by atoms with E-state index in [0.717, 1.165) is 6.42 Å². The van der Waals surface area contributed by atoms with Crippen LogP contribution < -0.4 is 15.2 Å².